The molecule has 0 aliphatic heterocycles. The van der Waals surface area contributed by atoms with E-state index in [2.05, 4.69) is 0 Å². The maximum atomic E-state index is 12.2. The van der Waals surface area contributed by atoms with E-state index in [0.717, 1.165) is 0 Å². The van der Waals surface area contributed by atoms with Gasteiger partial charge >= 0.3 is 23.7 Å². The standard InChI is InChI=1S/C6H4F12P2/c1-2(19(3(7,8)9)4(10,11)12)20(5(13,14)15)6(16,17)18/h2H,1H3. The van der Waals surface area contributed by atoms with Crippen molar-refractivity contribution in [2.45, 2.75) is 36.0 Å². The summed E-state index contributed by atoms with van der Waals surface area (Å²) in [6.45, 7) is -0.320. The molecule has 0 saturated heterocycles. The fraction of sp³-hybridized carbons (Fsp3) is 1.00. The molecule has 0 atom stereocenters. The third-order valence-electron chi connectivity index (χ3n) is 1.84. The van der Waals surface area contributed by atoms with E-state index >= 15 is 0 Å². The van der Waals surface area contributed by atoms with Gasteiger partial charge in [-0.1, -0.05) is 6.92 Å². The molecule has 0 unspecified atom stereocenters. The Morgan fingerprint density at radius 2 is 0.650 bits per heavy atom. The Bertz CT molecular complexity index is 261. The van der Waals surface area contributed by atoms with Gasteiger partial charge < -0.3 is 0 Å². The highest BCUT2D eigenvalue weighted by Gasteiger charge is 2.68. The summed E-state index contributed by atoms with van der Waals surface area (Å²) in [6.07, 6.45) is 0. The summed E-state index contributed by atoms with van der Waals surface area (Å²) in [5.74, 6) is -24.8. The molecular formula is C6H4F12P2. The first-order valence-electron chi connectivity index (χ1n) is 4.26. The molecule has 0 aliphatic rings. The predicted octanol–water partition coefficient (Wildman–Crippen LogP) is 6.38. The minimum absolute atomic E-state index is 0.320. The van der Waals surface area contributed by atoms with Crippen molar-refractivity contribution < 1.29 is 52.7 Å². The summed E-state index contributed by atoms with van der Waals surface area (Å²) < 4.78 is 146. The molecule has 14 heteroatoms. The topological polar surface area (TPSA) is 0 Å². The van der Waals surface area contributed by atoms with Crippen molar-refractivity contribution in [2.24, 2.45) is 0 Å². The van der Waals surface area contributed by atoms with Gasteiger partial charge in [0.2, 0.25) is 0 Å². The minimum atomic E-state index is -6.20. The monoisotopic (exact) mass is 366 g/mol. The molecule has 0 aliphatic carbocycles. The van der Waals surface area contributed by atoms with E-state index in [0.29, 0.717) is 0 Å². The van der Waals surface area contributed by atoms with Crippen LogP contribution in [0.1, 0.15) is 6.92 Å². The first-order chi connectivity index (χ1) is 8.40. The SMILES string of the molecule is CC(P(C(F)(F)F)C(F)(F)F)P(C(F)(F)F)C(F)(F)F. The lowest BCUT2D eigenvalue weighted by molar-refractivity contribution is -0.0879. The van der Waals surface area contributed by atoms with E-state index in [1.54, 1.807) is 0 Å². The lowest BCUT2D eigenvalue weighted by Gasteiger charge is -2.34. The number of hydrogen-bond acceptors (Lipinski definition) is 0. The first-order valence-corrected chi connectivity index (χ1v) is 7.08. The highest BCUT2D eigenvalue weighted by atomic mass is 31.2. The first kappa shape index (κ1) is 20.0. The second-order valence-electron chi connectivity index (χ2n) is 3.24. The van der Waals surface area contributed by atoms with Gasteiger partial charge in [0.1, 0.15) is 15.8 Å². The van der Waals surface area contributed by atoms with Gasteiger partial charge in [0.05, 0.1) is 0 Å². The summed E-state index contributed by atoms with van der Waals surface area (Å²) in [4.78, 5) is 0. The van der Waals surface area contributed by atoms with Gasteiger partial charge in [-0.15, -0.1) is 0 Å². The zero-order valence-corrected chi connectivity index (χ0v) is 10.8. The summed E-state index contributed by atoms with van der Waals surface area (Å²) in [5.41, 5.74) is 0. The number of alkyl halides is 12. The lowest BCUT2D eigenvalue weighted by Crippen LogP contribution is -2.31. The van der Waals surface area contributed by atoms with E-state index < -0.39 is 44.9 Å². The maximum Gasteiger partial charge on any atom is 0.414 e. The summed E-state index contributed by atoms with van der Waals surface area (Å²) in [5, 5.41) is -3.67. The van der Waals surface area contributed by atoms with Gasteiger partial charge in [0.25, 0.3) is 0 Å². The number of hydrogen-bond donors (Lipinski definition) is 0. The molecule has 0 saturated carbocycles. The average Bonchev–Trinajstić information content (AvgIpc) is 1.88. The molecular weight excluding hydrogens is 362 g/mol. The Labute approximate surface area is 106 Å². The third-order valence-corrected chi connectivity index (χ3v) is 6.91. The lowest BCUT2D eigenvalue weighted by atomic mass is 11.0. The Kier molecular flexibility index (Phi) is 5.67. The molecule has 0 nitrogen and oxygen atoms in total. The van der Waals surface area contributed by atoms with Crippen LogP contribution in [0.4, 0.5) is 52.7 Å². The average molecular weight is 366 g/mol. The van der Waals surface area contributed by atoms with Crippen LogP contribution in [0.5, 0.6) is 0 Å². The van der Waals surface area contributed by atoms with Crippen LogP contribution in [0, 0.1) is 0 Å². The molecule has 0 aromatic heterocycles. The number of rotatable bonds is 2. The summed E-state index contributed by atoms with van der Waals surface area (Å²) >= 11 is 0. The van der Waals surface area contributed by atoms with Gasteiger partial charge in [-0.2, -0.15) is 52.7 Å². The van der Waals surface area contributed by atoms with Crippen molar-refractivity contribution in [3.05, 3.63) is 0 Å². The van der Waals surface area contributed by atoms with Crippen LogP contribution in [0.3, 0.4) is 0 Å². The maximum absolute atomic E-state index is 12.2. The van der Waals surface area contributed by atoms with Gasteiger partial charge in [0.15, 0.2) is 0 Å². The van der Waals surface area contributed by atoms with Gasteiger partial charge in [-0.3, -0.25) is 0 Å². The van der Waals surface area contributed by atoms with Crippen molar-refractivity contribution in [3.63, 3.8) is 0 Å². The Balaban J connectivity index is 5.81. The smallest absolute Gasteiger partial charge is 0.166 e. The zero-order valence-electron chi connectivity index (χ0n) is 9.01. The van der Waals surface area contributed by atoms with Crippen molar-refractivity contribution in [2.75, 3.05) is 0 Å². The van der Waals surface area contributed by atoms with Crippen molar-refractivity contribution in [1.29, 1.82) is 0 Å². The minimum Gasteiger partial charge on any atom is -0.166 e. The van der Waals surface area contributed by atoms with Crippen LogP contribution in [-0.2, 0) is 0 Å². The Hall–Kier alpha value is 0.0200. The van der Waals surface area contributed by atoms with Crippen LogP contribution in [0.15, 0.2) is 0 Å². The fourth-order valence-corrected chi connectivity index (χ4v) is 6.02. The van der Waals surface area contributed by atoms with E-state index in [4.69, 9.17) is 0 Å². The zero-order chi connectivity index (χ0) is 16.7. The highest BCUT2D eigenvalue weighted by Crippen LogP contribution is 2.80. The summed E-state index contributed by atoms with van der Waals surface area (Å²) in [7, 11) is -11.0. The molecule has 20 heavy (non-hydrogen) atoms. The molecule has 0 aromatic carbocycles. The Morgan fingerprint density at radius 3 is 0.750 bits per heavy atom. The second kappa shape index (κ2) is 5.66. The molecule has 0 amide bonds. The van der Waals surface area contributed by atoms with E-state index in [1.165, 1.54) is 0 Å². The van der Waals surface area contributed by atoms with Gasteiger partial charge in [-0.05, 0) is 0 Å². The normalized spacial score (nSPS) is 15.6. The van der Waals surface area contributed by atoms with E-state index in [9.17, 15) is 52.7 Å². The van der Waals surface area contributed by atoms with Crippen molar-refractivity contribution >= 4 is 15.8 Å². The van der Waals surface area contributed by atoms with Crippen molar-refractivity contribution in [3.8, 4) is 0 Å². The molecule has 122 valence electrons. The molecule has 0 bridgehead atoms. The number of halogens is 12. The second-order valence-corrected chi connectivity index (χ2v) is 8.71. The molecule has 0 rings (SSSR count). The molecule has 0 spiro atoms. The predicted molar refractivity (Wildman–Crippen MR) is 47.5 cm³/mol. The van der Waals surface area contributed by atoms with Crippen LogP contribution in [0.2, 0.25) is 0 Å². The molecule has 0 N–H and O–H groups in total. The van der Waals surface area contributed by atoms with Crippen LogP contribution in [0.25, 0.3) is 0 Å². The van der Waals surface area contributed by atoms with E-state index in [1.807, 2.05) is 0 Å². The fourth-order valence-electron chi connectivity index (χ4n) is 1.25. The van der Waals surface area contributed by atoms with Crippen LogP contribution < -0.4 is 0 Å². The van der Waals surface area contributed by atoms with Gasteiger partial charge in [-0.25, -0.2) is 0 Å². The third kappa shape index (κ3) is 5.09. The van der Waals surface area contributed by atoms with Gasteiger partial charge in [0, 0.05) is 5.40 Å². The largest absolute Gasteiger partial charge is 0.414 e. The van der Waals surface area contributed by atoms with Crippen LogP contribution in [-0.4, -0.2) is 29.1 Å². The summed E-state index contributed by atoms with van der Waals surface area (Å²) in [6, 6.07) is 0. The molecule has 0 radical (unpaired) electrons. The van der Waals surface area contributed by atoms with Crippen molar-refractivity contribution in [1.82, 2.24) is 0 Å². The molecule has 0 aromatic rings. The highest BCUT2D eigenvalue weighted by molar-refractivity contribution is 7.77. The molecule has 0 fully saturated rings. The molecule has 0 heterocycles. The van der Waals surface area contributed by atoms with E-state index in [-0.39, 0.29) is 6.92 Å². The Morgan fingerprint density at radius 1 is 0.500 bits per heavy atom. The quantitative estimate of drug-likeness (QED) is 0.393. The van der Waals surface area contributed by atoms with Crippen LogP contribution >= 0.6 is 15.8 Å².